The molecule has 2 amide bonds. The van der Waals surface area contributed by atoms with Gasteiger partial charge in [0.05, 0.1) is 6.04 Å². The first-order valence-corrected chi connectivity index (χ1v) is 7.82. The Morgan fingerprint density at radius 3 is 2.59 bits per heavy atom. The first kappa shape index (κ1) is 16.5. The molecule has 0 spiro atoms. The summed E-state index contributed by atoms with van der Waals surface area (Å²) in [6.45, 7) is 6.67. The van der Waals surface area contributed by atoms with E-state index in [2.05, 4.69) is 5.32 Å². The Morgan fingerprint density at radius 1 is 1.36 bits per heavy atom. The van der Waals surface area contributed by atoms with Crippen LogP contribution >= 0.6 is 0 Å². The van der Waals surface area contributed by atoms with Crippen molar-refractivity contribution in [1.82, 2.24) is 5.32 Å². The second-order valence-electron chi connectivity index (χ2n) is 6.41. The second-order valence-corrected chi connectivity index (χ2v) is 6.41. The zero-order valence-corrected chi connectivity index (χ0v) is 13.5. The van der Waals surface area contributed by atoms with E-state index in [1.165, 1.54) is 0 Å². The van der Waals surface area contributed by atoms with Crippen molar-refractivity contribution < 1.29 is 9.59 Å². The summed E-state index contributed by atoms with van der Waals surface area (Å²) >= 11 is 0. The summed E-state index contributed by atoms with van der Waals surface area (Å²) < 4.78 is 0. The quantitative estimate of drug-likeness (QED) is 0.867. The molecule has 1 fully saturated rings. The highest BCUT2D eigenvalue weighted by molar-refractivity contribution is 6.01. The largest absolute Gasteiger partial charge is 0.343 e. The SMILES string of the molecule is Cc1ccc(N2CCC(NC(=O)[C@@H](N)CC(C)C)C2=O)cc1. The number of amides is 2. The molecule has 0 aromatic heterocycles. The van der Waals surface area contributed by atoms with E-state index >= 15 is 0 Å². The van der Waals surface area contributed by atoms with Gasteiger partial charge in [0.15, 0.2) is 0 Å². The van der Waals surface area contributed by atoms with E-state index in [-0.39, 0.29) is 11.8 Å². The summed E-state index contributed by atoms with van der Waals surface area (Å²) in [5, 5.41) is 2.79. The molecule has 1 saturated heterocycles. The fraction of sp³-hybridized carbons (Fsp3) is 0.529. The molecule has 5 heteroatoms. The third kappa shape index (κ3) is 3.85. The van der Waals surface area contributed by atoms with Crippen LogP contribution in [0.3, 0.4) is 0 Å². The lowest BCUT2D eigenvalue weighted by Crippen LogP contribution is -2.48. The Kier molecular flexibility index (Phi) is 5.19. The summed E-state index contributed by atoms with van der Waals surface area (Å²) in [4.78, 5) is 26.2. The fourth-order valence-corrected chi connectivity index (χ4v) is 2.69. The minimum absolute atomic E-state index is 0.0612. The number of carbonyl (C=O) groups excluding carboxylic acids is 2. The van der Waals surface area contributed by atoms with Crippen LogP contribution < -0.4 is 16.0 Å². The molecule has 0 aliphatic carbocycles. The predicted octanol–water partition coefficient (Wildman–Crippen LogP) is 1.59. The van der Waals surface area contributed by atoms with Crippen molar-refractivity contribution in [2.45, 2.75) is 45.7 Å². The number of rotatable bonds is 5. The topological polar surface area (TPSA) is 75.4 Å². The van der Waals surface area contributed by atoms with Crippen LogP contribution in [0.5, 0.6) is 0 Å². The maximum absolute atomic E-state index is 12.4. The Labute approximate surface area is 131 Å². The van der Waals surface area contributed by atoms with E-state index < -0.39 is 12.1 Å². The van der Waals surface area contributed by atoms with Crippen LogP contribution in [0.4, 0.5) is 5.69 Å². The molecule has 1 aliphatic heterocycles. The van der Waals surface area contributed by atoms with E-state index in [0.717, 1.165) is 11.3 Å². The Bertz CT molecular complexity index is 539. The third-order valence-electron chi connectivity index (χ3n) is 3.93. The van der Waals surface area contributed by atoms with Gasteiger partial charge < -0.3 is 16.0 Å². The van der Waals surface area contributed by atoms with Crippen LogP contribution in [0.15, 0.2) is 24.3 Å². The second kappa shape index (κ2) is 6.92. The number of hydrogen-bond acceptors (Lipinski definition) is 3. The first-order chi connectivity index (χ1) is 10.4. The number of carbonyl (C=O) groups is 2. The van der Waals surface area contributed by atoms with Crippen molar-refractivity contribution in [2.24, 2.45) is 11.7 Å². The fourth-order valence-electron chi connectivity index (χ4n) is 2.69. The lowest BCUT2D eigenvalue weighted by Gasteiger charge is -2.19. The number of aryl methyl sites for hydroxylation is 1. The van der Waals surface area contributed by atoms with Crippen LogP contribution in [-0.4, -0.2) is 30.4 Å². The zero-order chi connectivity index (χ0) is 16.3. The summed E-state index contributed by atoms with van der Waals surface area (Å²) in [6.07, 6.45) is 1.24. The highest BCUT2D eigenvalue weighted by atomic mass is 16.2. The molecule has 0 radical (unpaired) electrons. The highest BCUT2D eigenvalue weighted by Gasteiger charge is 2.34. The van der Waals surface area contributed by atoms with Crippen LogP contribution in [-0.2, 0) is 9.59 Å². The standard InChI is InChI=1S/C17H25N3O2/c1-11(2)10-14(18)16(21)19-15-8-9-20(17(15)22)13-6-4-12(3)5-7-13/h4-7,11,14-15H,8-10,18H2,1-3H3,(H,19,21)/t14-,15?/m0/s1. The molecular weight excluding hydrogens is 278 g/mol. The summed E-state index contributed by atoms with van der Waals surface area (Å²) in [7, 11) is 0. The van der Waals surface area contributed by atoms with Gasteiger partial charge in [0.1, 0.15) is 6.04 Å². The molecule has 0 saturated carbocycles. The molecule has 2 rings (SSSR count). The van der Waals surface area contributed by atoms with Gasteiger partial charge >= 0.3 is 0 Å². The Balaban J connectivity index is 1.96. The Morgan fingerprint density at radius 2 is 2.00 bits per heavy atom. The van der Waals surface area contributed by atoms with Gasteiger partial charge in [-0.3, -0.25) is 9.59 Å². The van der Waals surface area contributed by atoms with Gasteiger partial charge in [0.2, 0.25) is 11.8 Å². The molecule has 3 N–H and O–H groups in total. The van der Waals surface area contributed by atoms with Crippen molar-refractivity contribution in [3.05, 3.63) is 29.8 Å². The number of anilines is 1. The average molecular weight is 303 g/mol. The molecule has 1 unspecified atom stereocenters. The normalized spacial score (nSPS) is 19.6. The van der Waals surface area contributed by atoms with Crippen molar-refractivity contribution in [3.63, 3.8) is 0 Å². The monoisotopic (exact) mass is 303 g/mol. The molecule has 1 aromatic rings. The van der Waals surface area contributed by atoms with Crippen molar-refractivity contribution >= 4 is 17.5 Å². The molecule has 1 heterocycles. The average Bonchev–Trinajstić information content (AvgIpc) is 2.80. The molecule has 22 heavy (non-hydrogen) atoms. The molecule has 120 valence electrons. The smallest absolute Gasteiger partial charge is 0.249 e. The van der Waals surface area contributed by atoms with Gasteiger partial charge in [0, 0.05) is 12.2 Å². The van der Waals surface area contributed by atoms with E-state index in [1.807, 2.05) is 45.0 Å². The van der Waals surface area contributed by atoms with Crippen molar-refractivity contribution in [2.75, 3.05) is 11.4 Å². The van der Waals surface area contributed by atoms with Gasteiger partial charge in [-0.15, -0.1) is 0 Å². The van der Waals surface area contributed by atoms with Gasteiger partial charge in [-0.1, -0.05) is 31.5 Å². The van der Waals surface area contributed by atoms with Crippen molar-refractivity contribution in [1.29, 1.82) is 0 Å². The zero-order valence-electron chi connectivity index (χ0n) is 13.5. The number of nitrogens with one attached hydrogen (secondary N) is 1. The third-order valence-corrected chi connectivity index (χ3v) is 3.93. The first-order valence-electron chi connectivity index (χ1n) is 7.82. The summed E-state index contributed by atoms with van der Waals surface area (Å²) in [5.41, 5.74) is 7.89. The van der Waals surface area contributed by atoms with Crippen LogP contribution in [0.1, 0.15) is 32.3 Å². The van der Waals surface area contributed by atoms with Crippen LogP contribution in [0.2, 0.25) is 0 Å². The number of benzene rings is 1. The van der Waals surface area contributed by atoms with E-state index in [0.29, 0.717) is 25.3 Å². The minimum atomic E-state index is -0.554. The van der Waals surface area contributed by atoms with Crippen LogP contribution in [0.25, 0.3) is 0 Å². The van der Waals surface area contributed by atoms with Gasteiger partial charge in [-0.05, 0) is 37.8 Å². The highest BCUT2D eigenvalue weighted by Crippen LogP contribution is 2.22. The van der Waals surface area contributed by atoms with E-state index in [9.17, 15) is 9.59 Å². The number of nitrogens with zero attached hydrogens (tertiary/aromatic N) is 1. The lowest BCUT2D eigenvalue weighted by molar-refractivity contribution is -0.127. The Hall–Kier alpha value is -1.88. The summed E-state index contributed by atoms with van der Waals surface area (Å²) in [6, 6.07) is 6.80. The molecule has 1 aliphatic rings. The van der Waals surface area contributed by atoms with Gasteiger partial charge in [-0.25, -0.2) is 0 Å². The van der Waals surface area contributed by atoms with E-state index in [1.54, 1.807) is 4.90 Å². The van der Waals surface area contributed by atoms with Gasteiger partial charge in [0.25, 0.3) is 0 Å². The molecule has 1 aromatic carbocycles. The predicted molar refractivity (Wildman–Crippen MR) is 87.5 cm³/mol. The lowest BCUT2D eigenvalue weighted by atomic mass is 10.0. The molecule has 2 atom stereocenters. The maximum Gasteiger partial charge on any atom is 0.249 e. The number of hydrogen-bond donors (Lipinski definition) is 2. The van der Waals surface area contributed by atoms with E-state index in [4.69, 9.17) is 5.73 Å². The number of nitrogens with two attached hydrogens (primary N) is 1. The molecular formula is C17H25N3O2. The minimum Gasteiger partial charge on any atom is -0.343 e. The van der Waals surface area contributed by atoms with Crippen LogP contribution in [0, 0.1) is 12.8 Å². The van der Waals surface area contributed by atoms with Crippen molar-refractivity contribution in [3.8, 4) is 0 Å². The molecule has 5 nitrogen and oxygen atoms in total. The van der Waals surface area contributed by atoms with Gasteiger partial charge in [-0.2, -0.15) is 0 Å². The molecule has 0 bridgehead atoms. The maximum atomic E-state index is 12.4. The summed E-state index contributed by atoms with van der Waals surface area (Å²) in [5.74, 6) is 0.0517.